The molecule has 0 saturated carbocycles. The van der Waals surface area contributed by atoms with Gasteiger partial charge in [-0.25, -0.2) is 23.1 Å². The van der Waals surface area contributed by atoms with Crippen molar-refractivity contribution in [2.24, 2.45) is 0 Å². The van der Waals surface area contributed by atoms with Crippen molar-refractivity contribution >= 4 is 21.7 Å². The Morgan fingerprint density at radius 2 is 1.71 bits per heavy atom. The molecule has 0 aromatic carbocycles. The Labute approximate surface area is 127 Å². The van der Waals surface area contributed by atoms with E-state index < -0.39 is 10.0 Å². The lowest BCUT2D eigenvalue weighted by Gasteiger charge is -2.16. The van der Waals surface area contributed by atoms with Crippen molar-refractivity contribution in [1.82, 2.24) is 14.7 Å². The summed E-state index contributed by atoms with van der Waals surface area (Å²) >= 11 is 0. The summed E-state index contributed by atoms with van der Waals surface area (Å²) in [4.78, 5) is 8.99. The van der Waals surface area contributed by atoms with E-state index in [-0.39, 0.29) is 11.7 Å². The number of anilines is 2. The zero-order valence-corrected chi connectivity index (χ0v) is 14.1. The van der Waals surface area contributed by atoms with Crippen molar-refractivity contribution in [1.29, 1.82) is 0 Å². The van der Waals surface area contributed by atoms with Crippen LogP contribution in [0.25, 0.3) is 0 Å². The highest BCUT2D eigenvalue weighted by atomic mass is 32.2. The van der Waals surface area contributed by atoms with E-state index in [4.69, 9.17) is 0 Å². The third-order valence-electron chi connectivity index (χ3n) is 3.00. The lowest BCUT2D eigenvalue weighted by atomic mass is 10.2. The van der Waals surface area contributed by atoms with Crippen molar-refractivity contribution in [2.75, 3.05) is 36.5 Å². The topological polar surface area (TPSA) is 96.0 Å². The summed E-state index contributed by atoms with van der Waals surface area (Å²) in [6.45, 7) is 9.03. The largest absolute Gasteiger partial charge is 0.370 e. The van der Waals surface area contributed by atoms with Gasteiger partial charge in [-0.2, -0.15) is 0 Å². The highest BCUT2D eigenvalue weighted by Gasteiger charge is 2.13. The van der Waals surface area contributed by atoms with Crippen molar-refractivity contribution in [2.45, 2.75) is 33.6 Å². The lowest BCUT2D eigenvalue weighted by molar-refractivity contribution is 0.588. The molecular weight excluding hydrogens is 290 g/mol. The maximum absolute atomic E-state index is 11.4. The molecule has 0 aliphatic rings. The minimum Gasteiger partial charge on any atom is -0.370 e. The Bertz CT molecular complexity index is 572. The second kappa shape index (κ2) is 7.56. The van der Waals surface area contributed by atoms with Gasteiger partial charge in [0.15, 0.2) is 0 Å². The van der Waals surface area contributed by atoms with Crippen LogP contribution in [0.15, 0.2) is 0 Å². The number of nitrogens with zero attached hydrogens (tertiary/aromatic N) is 2. The first-order valence-corrected chi connectivity index (χ1v) is 8.73. The second-order valence-corrected chi connectivity index (χ2v) is 7.08. The van der Waals surface area contributed by atoms with Gasteiger partial charge in [-0.1, -0.05) is 13.8 Å². The molecule has 3 N–H and O–H groups in total. The van der Waals surface area contributed by atoms with E-state index in [1.165, 1.54) is 7.05 Å². The molecule has 0 bridgehead atoms. The van der Waals surface area contributed by atoms with Crippen molar-refractivity contribution in [3.8, 4) is 0 Å². The van der Waals surface area contributed by atoms with E-state index in [0.29, 0.717) is 12.4 Å². The third kappa shape index (κ3) is 5.13. The highest BCUT2D eigenvalue weighted by Crippen LogP contribution is 2.22. The molecular formula is C13H25N5O2S. The van der Waals surface area contributed by atoms with Crippen molar-refractivity contribution < 1.29 is 8.42 Å². The second-order valence-electron chi connectivity index (χ2n) is 5.04. The first-order chi connectivity index (χ1) is 9.80. The van der Waals surface area contributed by atoms with Gasteiger partial charge in [0.1, 0.15) is 17.5 Å². The van der Waals surface area contributed by atoms with E-state index in [2.05, 4.69) is 25.3 Å². The van der Waals surface area contributed by atoms with Crippen LogP contribution in [0.5, 0.6) is 0 Å². The van der Waals surface area contributed by atoms with Gasteiger partial charge in [0, 0.05) is 24.6 Å². The minimum atomic E-state index is -3.22. The van der Waals surface area contributed by atoms with Gasteiger partial charge >= 0.3 is 0 Å². The summed E-state index contributed by atoms with van der Waals surface area (Å²) in [5.41, 5.74) is 0.892. The summed E-state index contributed by atoms with van der Waals surface area (Å²) < 4.78 is 25.1. The molecule has 0 saturated heterocycles. The van der Waals surface area contributed by atoms with Crippen LogP contribution < -0.4 is 15.4 Å². The Kier molecular flexibility index (Phi) is 6.35. The molecule has 8 heteroatoms. The molecule has 0 aliphatic carbocycles. The van der Waals surface area contributed by atoms with E-state index in [1.807, 2.05) is 27.7 Å². The molecule has 7 nitrogen and oxygen atoms in total. The van der Waals surface area contributed by atoms with Crippen LogP contribution in [0.1, 0.15) is 38.1 Å². The normalized spacial score (nSPS) is 11.7. The molecule has 0 atom stereocenters. The Morgan fingerprint density at radius 3 is 2.19 bits per heavy atom. The monoisotopic (exact) mass is 315 g/mol. The fourth-order valence-corrected chi connectivity index (χ4v) is 2.28. The fraction of sp³-hybridized carbons (Fsp3) is 0.692. The standard InChI is InChI=1S/C13H25N5O2S/c1-6-15-12-10(4)13(18-11(17-12)9(2)3)16-7-8-21(19,20)14-5/h9,14H,6-8H2,1-5H3,(H2,15,16,17,18). The van der Waals surface area contributed by atoms with Gasteiger partial charge in [-0.3, -0.25) is 0 Å². The number of hydrogen-bond donors (Lipinski definition) is 3. The average Bonchev–Trinajstić information content (AvgIpc) is 2.42. The number of sulfonamides is 1. The summed E-state index contributed by atoms with van der Waals surface area (Å²) in [5.74, 6) is 2.40. The molecule has 1 heterocycles. The first-order valence-electron chi connectivity index (χ1n) is 7.08. The summed E-state index contributed by atoms with van der Waals surface area (Å²) in [7, 11) is -1.81. The lowest BCUT2D eigenvalue weighted by Crippen LogP contribution is -2.26. The minimum absolute atomic E-state index is 0.000491. The smallest absolute Gasteiger partial charge is 0.213 e. The van der Waals surface area contributed by atoms with Gasteiger partial charge in [-0.15, -0.1) is 0 Å². The van der Waals surface area contributed by atoms with Crippen LogP contribution in [0.3, 0.4) is 0 Å². The van der Waals surface area contributed by atoms with E-state index >= 15 is 0 Å². The Morgan fingerprint density at radius 1 is 1.14 bits per heavy atom. The molecule has 0 spiro atoms. The Balaban J connectivity index is 2.94. The molecule has 1 rings (SSSR count). The number of rotatable bonds is 8. The predicted molar refractivity (Wildman–Crippen MR) is 86.4 cm³/mol. The summed E-state index contributed by atoms with van der Waals surface area (Å²) in [6.07, 6.45) is 0. The van der Waals surface area contributed by atoms with Gasteiger partial charge < -0.3 is 10.6 Å². The maximum atomic E-state index is 11.4. The fourth-order valence-electron chi connectivity index (χ4n) is 1.71. The van der Waals surface area contributed by atoms with E-state index in [0.717, 1.165) is 23.8 Å². The zero-order valence-electron chi connectivity index (χ0n) is 13.3. The average molecular weight is 315 g/mol. The molecule has 120 valence electrons. The molecule has 0 unspecified atom stereocenters. The SMILES string of the molecule is CCNc1nc(C(C)C)nc(NCCS(=O)(=O)NC)c1C. The van der Waals surface area contributed by atoms with E-state index in [9.17, 15) is 8.42 Å². The van der Waals surface area contributed by atoms with Crippen LogP contribution in [-0.4, -0.2) is 44.3 Å². The van der Waals surface area contributed by atoms with Gasteiger partial charge in [0.05, 0.1) is 5.75 Å². The van der Waals surface area contributed by atoms with Crippen LogP contribution >= 0.6 is 0 Å². The molecule has 0 radical (unpaired) electrons. The predicted octanol–water partition coefficient (Wildman–Crippen LogP) is 1.30. The Hall–Kier alpha value is -1.41. The quantitative estimate of drug-likeness (QED) is 0.669. The van der Waals surface area contributed by atoms with Crippen molar-refractivity contribution in [3.63, 3.8) is 0 Å². The molecule has 1 aromatic rings. The van der Waals surface area contributed by atoms with Crippen LogP contribution in [0, 0.1) is 6.92 Å². The number of hydrogen-bond acceptors (Lipinski definition) is 6. The van der Waals surface area contributed by atoms with E-state index in [1.54, 1.807) is 0 Å². The first kappa shape index (κ1) is 17.6. The van der Waals surface area contributed by atoms with Gasteiger partial charge in [-0.05, 0) is 20.9 Å². The van der Waals surface area contributed by atoms with Crippen LogP contribution in [0.4, 0.5) is 11.6 Å². The zero-order chi connectivity index (χ0) is 16.0. The summed E-state index contributed by atoms with van der Waals surface area (Å²) in [6, 6.07) is 0. The number of aromatic nitrogens is 2. The molecule has 0 fully saturated rings. The molecule has 1 aromatic heterocycles. The molecule has 21 heavy (non-hydrogen) atoms. The van der Waals surface area contributed by atoms with Crippen LogP contribution in [0.2, 0.25) is 0 Å². The highest BCUT2D eigenvalue weighted by molar-refractivity contribution is 7.89. The molecule has 0 amide bonds. The molecule has 0 aliphatic heterocycles. The van der Waals surface area contributed by atoms with Gasteiger partial charge in [0.2, 0.25) is 10.0 Å². The van der Waals surface area contributed by atoms with Crippen LogP contribution in [-0.2, 0) is 10.0 Å². The summed E-state index contributed by atoms with van der Waals surface area (Å²) in [5, 5.41) is 6.29. The third-order valence-corrected chi connectivity index (χ3v) is 4.36. The maximum Gasteiger partial charge on any atom is 0.213 e. The van der Waals surface area contributed by atoms with Crippen molar-refractivity contribution in [3.05, 3.63) is 11.4 Å². The number of nitrogens with one attached hydrogen (secondary N) is 3. The van der Waals surface area contributed by atoms with Gasteiger partial charge in [0.25, 0.3) is 0 Å².